The number of alkyl halides is 3. The van der Waals surface area contributed by atoms with Crippen molar-refractivity contribution < 1.29 is 13.2 Å². The van der Waals surface area contributed by atoms with E-state index < -0.39 is 18.6 Å². The van der Waals surface area contributed by atoms with Gasteiger partial charge in [-0.15, -0.1) is 11.3 Å². The Hall–Kier alpha value is -1.34. The third-order valence-corrected chi connectivity index (χ3v) is 3.49. The van der Waals surface area contributed by atoms with Crippen molar-refractivity contribution in [3.63, 3.8) is 0 Å². The van der Waals surface area contributed by atoms with E-state index in [0.29, 0.717) is 5.82 Å². The summed E-state index contributed by atoms with van der Waals surface area (Å²) in [5.41, 5.74) is 5.19. The topological polar surface area (TPSA) is 43.8 Å². The zero-order valence-corrected chi connectivity index (χ0v) is 10.2. The molecule has 0 spiro atoms. The monoisotopic (exact) mass is 275 g/mol. The normalized spacial score (nSPS) is 13.8. The Kier molecular flexibility index (Phi) is 3.72. The molecule has 0 aliphatic carbocycles. The van der Waals surface area contributed by atoms with Gasteiger partial charge in [-0.05, 0) is 11.4 Å². The molecule has 2 aromatic heterocycles. The van der Waals surface area contributed by atoms with Crippen LogP contribution in [0.5, 0.6) is 0 Å². The third kappa shape index (κ3) is 2.73. The number of imidazole rings is 1. The van der Waals surface area contributed by atoms with E-state index >= 15 is 0 Å². The van der Waals surface area contributed by atoms with Crippen LogP contribution >= 0.6 is 11.3 Å². The van der Waals surface area contributed by atoms with Gasteiger partial charge in [0.1, 0.15) is 5.82 Å². The Bertz CT molecular complexity index is 490. The van der Waals surface area contributed by atoms with Gasteiger partial charge in [0.05, 0.1) is 10.8 Å². The van der Waals surface area contributed by atoms with Crippen molar-refractivity contribution >= 4 is 11.3 Å². The van der Waals surface area contributed by atoms with Crippen LogP contribution in [0.15, 0.2) is 29.9 Å². The van der Waals surface area contributed by atoms with Crippen LogP contribution in [0.2, 0.25) is 0 Å². The molecule has 0 aliphatic heterocycles. The second-order valence-corrected chi connectivity index (χ2v) is 4.80. The van der Waals surface area contributed by atoms with E-state index in [1.165, 1.54) is 22.1 Å². The second kappa shape index (κ2) is 5.11. The first-order valence-electron chi connectivity index (χ1n) is 5.34. The van der Waals surface area contributed by atoms with Crippen molar-refractivity contribution in [1.82, 2.24) is 9.55 Å². The highest BCUT2D eigenvalue weighted by Crippen LogP contribution is 2.29. The molecule has 1 unspecified atom stereocenters. The minimum atomic E-state index is -4.29. The molecule has 2 N–H and O–H groups in total. The first-order chi connectivity index (χ1) is 8.52. The maximum Gasteiger partial charge on any atom is 0.394 e. The van der Waals surface area contributed by atoms with Crippen LogP contribution in [0.4, 0.5) is 13.2 Å². The van der Waals surface area contributed by atoms with Crippen LogP contribution < -0.4 is 5.73 Å². The Morgan fingerprint density at radius 3 is 2.78 bits per heavy atom. The molecule has 18 heavy (non-hydrogen) atoms. The first kappa shape index (κ1) is 13.1. The molecule has 0 aromatic carbocycles. The Morgan fingerprint density at radius 2 is 2.22 bits per heavy atom. The molecule has 2 aromatic rings. The highest BCUT2D eigenvalue weighted by atomic mass is 32.1. The van der Waals surface area contributed by atoms with Gasteiger partial charge in [-0.1, -0.05) is 6.07 Å². The van der Waals surface area contributed by atoms with Gasteiger partial charge in [-0.2, -0.15) is 13.2 Å². The van der Waals surface area contributed by atoms with E-state index in [1.807, 2.05) is 17.5 Å². The van der Waals surface area contributed by atoms with Gasteiger partial charge in [-0.3, -0.25) is 0 Å². The molecular formula is C11H12F3N3S. The van der Waals surface area contributed by atoms with Crippen molar-refractivity contribution in [3.8, 4) is 10.7 Å². The summed E-state index contributed by atoms with van der Waals surface area (Å²) in [6, 6.07) is 3.66. The highest BCUT2D eigenvalue weighted by Gasteiger charge is 2.38. The number of nitrogens with zero attached hydrogens (tertiary/aromatic N) is 2. The van der Waals surface area contributed by atoms with E-state index in [9.17, 15) is 13.2 Å². The number of hydrogen-bond donors (Lipinski definition) is 1. The molecule has 2 rings (SSSR count). The minimum Gasteiger partial charge on any atom is -0.330 e. The van der Waals surface area contributed by atoms with Crippen molar-refractivity contribution in [2.45, 2.75) is 12.7 Å². The lowest BCUT2D eigenvalue weighted by atomic mass is 10.1. The molecule has 7 heteroatoms. The van der Waals surface area contributed by atoms with Crippen LogP contribution in [0.3, 0.4) is 0 Å². The summed E-state index contributed by atoms with van der Waals surface area (Å²) in [6.45, 7) is -0.626. The molecule has 3 nitrogen and oxygen atoms in total. The smallest absolute Gasteiger partial charge is 0.330 e. The average molecular weight is 275 g/mol. The summed E-state index contributed by atoms with van der Waals surface area (Å²) in [7, 11) is 0. The Labute approximate surface area is 106 Å². The lowest BCUT2D eigenvalue weighted by molar-refractivity contribution is -0.175. The SMILES string of the molecule is NCC(Cn1ccnc1-c1cccs1)C(F)(F)F. The molecular weight excluding hydrogens is 263 g/mol. The molecule has 0 bridgehead atoms. The van der Waals surface area contributed by atoms with Gasteiger partial charge in [-0.25, -0.2) is 4.98 Å². The lowest BCUT2D eigenvalue weighted by Crippen LogP contribution is -2.33. The van der Waals surface area contributed by atoms with Crippen molar-refractivity contribution in [1.29, 1.82) is 0 Å². The largest absolute Gasteiger partial charge is 0.394 e. The van der Waals surface area contributed by atoms with E-state index in [4.69, 9.17) is 5.73 Å². The maximum atomic E-state index is 12.7. The predicted octanol–water partition coefficient (Wildman–Crippen LogP) is 2.75. The standard InChI is InChI=1S/C11H12F3N3S/c12-11(13,14)8(6-15)7-17-4-3-16-10(17)9-2-1-5-18-9/h1-5,8H,6-7,15H2. The molecule has 0 radical (unpaired) electrons. The summed E-state index contributed by atoms with van der Waals surface area (Å²) >= 11 is 1.44. The van der Waals surface area contributed by atoms with Crippen LogP contribution in [-0.2, 0) is 6.54 Å². The van der Waals surface area contributed by atoms with Crippen molar-refractivity contribution in [2.24, 2.45) is 11.7 Å². The number of hydrogen-bond acceptors (Lipinski definition) is 3. The van der Waals surface area contributed by atoms with E-state index in [2.05, 4.69) is 4.98 Å². The van der Waals surface area contributed by atoms with Gasteiger partial charge < -0.3 is 10.3 Å². The summed E-state index contributed by atoms with van der Waals surface area (Å²) in [5.74, 6) is -1.00. The lowest BCUT2D eigenvalue weighted by Gasteiger charge is -2.19. The second-order valence-electron chi connectivity index (χ2n) is 3.85. The maximum absolute atomic E-state index is 12.7. The Balaban J connectivity index is 2.23. The highest BCUT2D eigenvalue weighted by molar-refractivity contribution is 7.13. The van der Waals surface area contributed by atoms with Gasteiger partial charge >= 0.3 is 6.18 Å². The predicted molar refractivity (Wildman–Crippen MR) is 64.1 cm³/mol. The fraction of sp³-hybridized carbons (Fsp3) is 0.364. The molecule has 1 atom stereocenters. The fourth-order valence-electron chi connectivity index (χ4n) is 1.64. The van der Waals surface area contributed by atoms with Crippen LogP contribution in [0.1, 0.15) is 0 Å². The van der Waals surface area contributed by atoms with Gasteiger partial charge in [0.2, 0.25) is 0 Å². The fourth-order valence-corrected chi connectivity index (χ4v) is 2.37. The summed E-state index contributed by atoms with van der Waals surface area (Å²) < 4.78 is 39.5. The number of aromatic nitrogens is 2. The number of halogens is 3. The van der Waals surface area contributed by atoms with Gasteiger partial charge in [0, 0.05) is 25.5 Å². The Morgan fingerprint density at radius 1 is 1.44 bits per heavy atom. The average Bonchev–Trinajstić information content (AvgIpc) is 2.94. The molecule has 2 heterocycles. The van der Waals surface area contributed by atoms with Crippen LogP contribution in [0, 0.1) is 5.92 Å². The molecule has 0 saturated carbocycles. The minimum absolute atomic E-state index is 0.201. The molecule has 0 amide bonds. The zero-order valence-electron chi connectivity index (χ0n) is 9.39. The third-order valence-electron chi connectivity index (χ3n) is 2.62. The van der Waals surface area contributed by atoms with Crippen molar-refractivity contribution in [2.75, 3.05) is 6.54 Å². The van der Waals surface area contributed by atoms with Gasteiger partial charge in [0.15, 0.2) is 0 Å². The van der Waals surface area contributed by atoms with E-state index in [-0.39, 0.29) is 6.54 Å². The van der Waals surface area contributed by atoms with Crippen LogP contribution in [0.25, 0.3) is 10.7 Å². The summed E-state index contributed by atoms with van der Waals surface area (Å²) in [4.78, 5) is 4.94. The number of thiophene rings is 1. The van der Waals surface area contributed by atoms with Crippen molar-refractivity contribution in [3.05, 3.63) is 29.9 Å². The first-order valence-corrected chi connectivity index (χ1v) is 6.22. The molecule has 0 aliphatic rings. The van der Waals surface area contributed by atoms with E-state index in [0.717, 1.165) is 4.88 Å². The zero-order chi connectivity index (χ0) is 13.2. The van der Waals surface area contributed by atoms with E-state index in [1.54, 1.807) is 6.20 Å². The summed E-state index contributed by atoms with van der Waals surface area (Å²) in [6.07, 6.45) is -1.24. The van der Waals surface area contributed by atoms with Crippen LogP contribution in [-0.4, -0.2) is 22.3 Å². The van der Waals surface area contributed by atoms with Gasteiger partial charge in [0.25, 0.3) is 0 Å². The molecule has 0 saturated heterocycles. The number of nitrogens with two attached hydrogens (primary N) is 1. The summed E-state index contributed by atoms with van der Waals surface area (Å²) in [5, 5.41) is 1.86. The molecule has 0 fully saturated rings. The number of rotatable bonds is 4. The quantitative estimate of drug-likeness (QED) is 0.932. The molecule has 98 valence electrons.